The van der Waals surface area contributed by atoms with Gasteiger partial charge in [0.2, 0.25) is 5.91 Å². The van der Waals surface area contributed by atoms with Crippen LogP contribution in [0.25, 0.3) is 0 Å². The average Bonchev–Trinajstić information content (AvgIpc) is 2.32. The monoisotopic (exact) mass is 275 g/mol. The summed E-state index contributed by atoms with van der Waals surface area (Å²) in [5, 5.41) is 0. The Morgan fingerprint density at radius 2 is 1.84 bits per heavy atom. The third-order valence-corrected chi connectivity index (χ3v) is 3.28. The second kappa shape index (κ2) is 9.25. The first-order valence-corrected chi connectivity index (χ1v) is 6.66. The second-order valence-electron chi connectivity index (χ2n) is 5.21. The molecule has 2 unspecified atom stereocenters. The van der Waals surface area contributed by atoms with Crippen LogP contribution in [0.5, 0.6) is 0 Å². The number of methoxy groups -OCH3 is 2. The van der Waals surface area contributed by atoms with Crippen molar-refractivity contribution in [2.45, 2.75) is 38.3 Å². The van der Waals surface area contributed by atoms with E-state index in [1.807, 2.05) is 0 Å². The van der Waals surface area contributed by atoms with Gasteiger partial charge in [0.1, 0.15) is 0 Å². The van der Waals surface area contributed by atoms with Crippen LogP contribution in [-0.4, -0.2) is 62.9 Å². The number of nitrogens with two attached hydrogens (primary N) is 2. The molecule has 0 bridgehead atoms. The molecule has 2 atom stereocenters. The lowest BCUT2D eigenvalue weighted by atomic mass is 9.93. The summed E-state index contributed by atoms with van der Waals surface area (Å²) in [6.07, 6.45) is 1.46. The molecule has 0 aromatic rings. The number of carbonyl (C=O) groups excluding carboxylic acids is 1. The number of primary amides is 1. The first kappa shape index (κ1) is 18.3. The van der Waals surface area contributed by atoms with E-state index < -0.39 is 11.4 Å². The molecule has 0 aliphatic heterocycles. The summed E-state index contributed by atoms with van der Waals surface area (Å²) < 4.78 is 10.2. The van der Waals surface area contributed by atoms with Crippen LogP contribution in [0.2, 0.25) is 0 Å². The van der Waals surface area contributed by atoms with Crippen molar-refractivity contribution < 1.29 is 14.3 Å². The summed E-state index contributed by atoms with van der Waals surface area (Å²) in [7, 11) is 3.36. The molecule has 0 radical (unpaired) electrons. The second-order valence-corrected chi connectivity index (χ2v) is 5.21. The number of nitrogens with zero attached hydrogens (tertiary/aromatic N) is 1. The van der Waals surface area contributed by atoms with Crippen LogP contribution >= 0.6 is 0 Å². The minimum atomic E-state index is -0.980. The van der Waals surface area contributed by atoms with Gasteiger partial charge in [0, 0.05) is 40.0 Å². The zero-order valence-electron chi connectivity index (χ0n) is 12.6. The number of hydrogen-bond donors (Lipinski definition) is 2. The van der Waals surface area contributed by atoms with Gasteiger partial charge in [-0.1, -0.05) is 0 Å². The fraction of sp³-hybridized carbons (Fsp3) is 0.923. The molecular weight excluding hydrogens is 246 g/mol. The molecule has 6 heteroatoms. The summed E-state index contributed by atoms with van der Waals surface area (Å²) in [4.78, 5) is 13.5. The molecule has 0 heterocycles. The quantitative estimate of drug-likeness (QED) is 0.516. The van der Waals surface area contributed by atoms with E-state index in [4.69, 9.17) is 20.9 Å². The molecule has 0 aliphatic carbocycles. The fourth-order valence-corrected chi connectivity index (χ4v) is 2.02. The molecule has 0 spiro atoms. The Labute approximate surface area is 116 Å². The standard InChI is InChI=1S/C13H29N3O3/c1-11(10-13(2,15)12(14)17)16(7-9-19-4)6-5-8-18-3/h11H,5-10,15H2,1-4H3,(H2,14,17). The number of ether oxygens (including phenoxy) is 2. The Kier molecular flexibility index (Phi) is 8.92. The van der Waals surface area contributed by atoms with Gasteiger partial charge in [-0.3, -0.25) is 9.69 Å². The molecule has 0 aromatic heterocycles. The Balaban J connectivity index is 4.42. The van der Waals surface area contributed by atoms with Gasteiger partial charge in [-0.15, -0.1) is 0 Å². The maximum Gasteiger partial charge on any atom is 0.237 e. The summed E-state index contributed by atoms with van der Waals surface area (Å²) in [5.41, 5.74) is 10.3. The molecule has 0 aliphatic rings. The molecule has 19 heavy (non-hydrogen) atoms. The Hall–Kier alpha value is -0.690. The SMILES string of the molecule is COCCCN(CCOC)C(C)CC(C)(N)C(N)=O. The van der Waals surface area contributed by atoms with Crippen LogP contribution < -0.4 is 11.5 Å². The van der Waals surface area contributed by atoms with Crippen LogP contribution in [0.1, 0.15) is 26.7 Å². The number of carbonyl (C=O) groups is 1. The molecule has 4 N–H and O–H groups in total. The summed E-state index contributed by atoms with van der Waals surface area (Å²) in [6.45, 7) is 6.77. The average molecular weight is 275 g/mol. The summed E-state index contributed by atoms with van der Waals surface area (Å²) >= 11 is 0. The van der Waals surface area contributed by atoms with Gasteiger partial charge in [-0.05, 0) is 26.7 Å². The van der Waals surface area contributed by atoms with E-state index in [1.165, 1.54) is 0 Å². The molecule has 0 aromatic carbocycles. The number of hydrogen-bond acceptors (Lipinski definition) is 5. The van der Waals surface area contributed by atoms with Crippen molar-refractivity contribution in [3.8, 4) is 0 Å². The zero-order valence-corrected chi connectivity index (χ0v) is 12.6. The Bertz CT molecular complexity index is 260. The van der Waals surface area contributed by atoms with Crippen LogP contribution in [0.4, 0.5) is 0 Å². The molecule has 114 valence electrons. The lowest BCUT2D eigenvalue weighted by molar-refractivity contribution is -0.123. The van der Waals surface area contributed by atoms with Crippen LogP contribution in [0.3, 0.4) is 0 Å². The highest BCUT2D eigenvalue weighted by Crippen LogP contribution is 2.14. The Morgan fingerprint density at radius 3 is 2.32 bits per heavy atom. The van der Waals surface area contributed by atoms with E-state index in [9.17, 15) is 4.79 Å². The van der Waals surface area contributed by atoms with Crippen molar-refractivity contribution >= 4 is 5.91 Å². The van der Waals surface area contributed by atoms with E-state index in [1.54, 1.807) is 21.1 Å². The van der Waals surface area contributed by atoms with E-state index in [0.717, 1.165) is 19.5 Å². The largest absolute Gasteiger partial charge is 0.385 e. The van der Waals surface area contributed by atoms with E-state index in [0.29, 0.717) is 19.6 Å². The van der Waals surface area contributed by atoms with E-state index in [2.05, 4.69) is 11.8 Å². The smallest absolute Gasteiger partial charge is 0.237 e. The zero-order chi connectivity index (χ0) is 14.9. The van der Waals surface area contributed by atoms with Gasteiger partial charge in [-0.25, -0.2) is 0 Å². The highest BCUT2D eigenvalue weighted by atomic mass is 16.5. The highest BCUT2D eigenvalue weighted by Gasteiger charge is 2.30. The van der Waals surface area contributed by atoms with Crippen LogP contribution in [0, 0.1) is 0 Å². The topological polar surface area (TPSA) is 90.8 Å². The number of amides is 1. The van der Waals surface area contributed by atoms with Crippen molar-refractivity contribution in [2.75, 3.05) is 40.5 Å². The maximum atomic E-state index is 11.3. The minimum absolute atomic E-state index is 0.162. The lowest BCUT2D eigenvalue weighted by Gasteiger charge is -2.33. The molecule has 6 nitrogen and oxygen atoms in total. The number of rotatable bonds is 11. The van der Waals surface area contributed by atoms with Crippen LogP contribution in [0.15, 0.2) is 0 Å². The van der Waals surface area contributed by atoms with Crippen molar-refractivity contribution in [1.29, 1.82) is 0 Å². The van der Waals surface area contributed by atoms with Gasteiger partial charge in [-0.2, -0.15) is 0 Å². The molecule has 0 fully saturated rings. The fourth-order valence-electron chi connectivity index (χ4n) is 2.02. The van der Waals surface area contributed by atoms with Crippen molar-refractivity contribution in [3.63, 3.8) is 0 Å². The Morgan fingerprint density at radius 1 is 1.26 bits per heavy atom. The molecule has 0 saturated heterocycles. The van der Waals surface area contributed by atoms with Gasteiger partial charge < -0.3 is 20.9 Å². The minimum Gasteiger partial charge on any atom is -0.385 e. The van der Waals surface area contributed by atoms with Gasteiger partial charge in [0.05, 0.1) is 12.1 Å². The van der Waals surface area contributed by atoms with Crippen molar-refractivity contribution in [3.05, 3.63) is 0 Å². The first-order valence-electron chi connectivity index (χ1n) is 6.66. The lowest BCUT2D eigenvalue weighted by Crippen LogP contribution is -2.53. The maximum absolute atomic E-state index is 11.3. The van der Waals surface area contributed by atoms with Crippen LogP contribution in [-0.2, 0) is 14.3 Å². The molecule has 1 amide bonds. The van der Waals surface area contributed by atoms with Gasteiger partial charge in [0.15, 0.2) is 0 Å². The summed E-state index contributed by atoms with van der Waals surface area (Å²) in [5.74, 6) is -0.470. The van der Waals surface area contributed by atoms with E-state index in [-0.39, 0.29) is 6.04 Å². The molecular formula is C13H29N3O3. The van der Waals surface area contributed by atoms with Crippen molar-refractivity contribution in [1.82, 2.24) is 4.90 Å². The van der Waals surface area contributed by atoms with Gasteiger partial charge in [0.25, 0.3) is 0 Å². The van der Waals surface area contributed by atoms with E-state index >= 15 is 0 Å². The third-order valence-electron chi connectivity index (χ3n) is 3.28. The highest BCUT2D eigenvalue weighted by molar-refractivity contribution is 5.83. The normalized spacial score (nSPS) is 16.3. The van der Waals surface area contributed by atoms with Gasteiger partial charge >= 0.3 is 0 Å². The summed E-state index contributed by atoms with van der Waals surface area (Å²) in [6, 6.07) is 0.162. The van der Waals surface area contributed by atoms with Crippen molar-refractivity contribution in [2.24, 2.45) is 11.5 Å². The molecule has 0 rings (SSSR count). The molecule has 0 saturated carbocycles. The third kappa shape index (κ3) is 7.47. The predicted molar refractivity (Wildman–Crippen MR) is 75.8 cm³/mol. The first-order chi connectivity index (χ1) is 8.85. The predicted octanol–water partition coefficient (Wildman–Crippen LogP) is -0.0474.